The predicted octanol–water partition coefficient (Wildman–Crippen LogP) is 5.06. The van der Waals surface area contributed by atoms with Crippen LogP contribution in [0, 0.1) is 13.8 Å². The lowest BCUT2D eigenvalue weighted by atomic mass is 9.95. The monoisotopic (exact) mass is 592 g/mol. The van der Waals surface area contributed by atoms with Gasteiger partial charge in [-0.25, -0.2) is 9.79 Å². The van der Waals surface area contributed by atoms with E-state index in [4.69, 9.17) is 13.9 Å². The van der Waals surface area contributed by atoms with Crippen LogP contribution in [0.1, 0.15) is 35.4 Å². The van der Waals surface area contributed by atoms with Gasteiger partial charge < -0.3 is 13.9 Å². The summed E-state index contributed by atoms with van der Waals surface area (Å²) in [6.07, 6.45) is 1.71. The normalized spacial score (nSPS) is 15.3. The van der Waals surface area contributed by atoms with Crippen LogP contribution in [0.2, 0.25) is 0 Å². The van der Waals surface area contributed by atoms with Crippen molar-refractivity contribution in [3.05, 3.63) is 106 Å². The number of carbonyl (C=O) groups is 1. The molecule has 0 amide bonds. The topological polar surface area (TPSA) is 83.0 Å². The van der Waals surface area contributed by atoms with Gasteiger partial charge >= 0.3 is 5.97 Å². The molecule has 5 rings (SSSR count). The van der Waals surface area contributed by atoms with Crippen LogP contribution in [0.4, 0.5) is 0 Å². The number of rotatable bonds is 5. The van der Waals surface area contributed by atoms with E-state index in [9.17, 15) is 9.59 Å². The molecule has 9 heteroatoms. The van der Waals surface area contributed by atoms with Gasteiger partial charge in [-0.2, -0.15) is 0 Å². The summed E-state index contributed by atoms with van der Waals surface area (Å²) in [6, 6.07) is 14.7. The van der Waals surface area contributed by atoms with Gasteiger partial charge in [0.15, 0.2) is 4.80 Å². The van der Waals surface area contributed by atoms with Crippen LogP contribution < -0.4 is 19.6 Å². The van der Waals surface area contributed by atoms with Crippen molar-refractivity contribution < 1.29 is 18.7 Å². The molecule has 0 fully saturated rings. The Labute approximate surface area is 231 Å². The number of carbonyl (C=O) groups excluding carboxylic acids is 1. The first kappa shape index (κ1) is 25.9. The first-order valence-corrected chi connectivity index (χ1v) is 13.4. The summed E-state index contributed by atoms with van der Waals surface area (Å²) in [7, 11) is 2.91. The zero-order chi connectivity index (χ0) is 27.1. The van der Waals surface area contributed by atoms with Crippen molar-refractivity contribution >= 4 is 39.3 Å². The van der Waals surface area contributed by atoms with Gasteiger partial charge in [0, 0.05) is 16.1 Å². The van der Waals surface area contributed by atoms with Crippen LogP contribution in [-0.2, 0) is 9.53 Å². The van der Waals surface area contributed by atoms with Crippen LogP contribution in [0.3, 0.4) is 0 Å². The second-order valence-corrected chi connectivity index (χ2v) is 10.9. The maximum atomic E-state index is 13.8. The molecule has 2 aromatic carbocycles. The fraction of sp³-hybridized carbons (Fsp3) is 0.207. The zero-order valence-corrected chi connectivity index (χ0v) is 23.9. The molecule has 3 heterocycles. The third-order valence-corrected chi connectivity index (χ3v) is 8.10. The van der Waals surface area contributed by atoms with Crippen molar-refractivity contribution in [3.8, 4) is 17.1 Å². The van der Waals surface area contributed by atoms with Crippen molar-refractivity contribution in [1.29, 1.82) is 0 Å². The highest BCUT2D eigenvalue weighted by molar-refractivity contribution is 9.10. The highest BCUT2D eigenvalue weighted by Gasteiger charge is 2.33. The van der Waals surface area contributed by atoms with E-state index in [2.05, 4.69) is 20.9 Å². The number of thiazole rings is 1. The van der Waals surface area contributed by atoms with E-state index in [1.54, 1.807) is 24.7 Å². The van der Waals surface area contributed by atoms with Gasteiger partial charge in [-0.1, -0.05) is 45.5 Å². The summed E-state index contributed by atoms with van der Waals surface area (Å²) in [5.41, 5.74) is 4.25. The lowest BCUT2D eigenvalue weighted by Crippen LogP contribution is -2.39. The van der Waals surface area contributed by atoms with Crippen molar-refractivity contribution in [2.24, 2.45) is 4.99 Å². The van der Waals surface area contributed by atoms with Crippen LogP contribution in [0.15, 0.2) is 78.5 Å². The minimum atomic E-state index is -0.717. The van der Waals surface area contributed by atoms with Gasteiger partial charge in [0.25, 0.3) is 5.56 Å². The van der Waals surface area contributed by atoms with E-state index < -0.39 is 12.0 Å². The summed E-state index contributed by atoms with van der Waals surface area (Å²) in [6.45, 7) is 5.71. The molecule has 194 valence electrons. The van der Waals surface area contributed by atoms with Crippen molar-refractivity contribution in [2.75, 3.05) is 14.2 Å². The Morgan fingerprint density at radius 2 is 1.89 bits per heavy atom. The van der Waals surface area contributed by atoms with Crippen LogP contribution >= 0.6 is 27.3 Å². The second kappa shape index (κ2) is 10.2. The molecule has 1 aliphatic heterocycles. The maximum absolute atomic E-state index is 13.8. The fourth-order valence-corrected chi connectivity index (χ4v) is 6.25. The number of methoxy groups -OCH3 is 2. The van der Waals surface area contributed by atoms with Crippen LogP contribution in [0.25, 0.3) is 17.4 Å². The van der Waals surface area contributed by atoms with E-state index in [1.807, 2.05) is 62.4 Å². The second-order valence-electron chi connectivity index (χ2n) is 8.99. The van der Waals surface area contributed by atoms with Crippen LogP contribution in [0.5, 0.6) is 5.75 Å². The van der Waals surface area contributed by atoms with E-state index in [0.717, 1.165) is 26.7 Å². The number of hydrogen-bond acceptors (Lipinski definition) is 7. The Bertz CT molecular complexity index is 1790. The Kier molecular flexibility index (Phi) is 6.98. The molecule has 0 unspecified atom stereocenters. The number of aromatic nitrogens is 1. The van der Waals surface area contributed by atoms with Crippen molar-refractivity contribution in [3.63, 3.8) is 0 Å². The number of hydrogen-bond donors (Lipinski definition) is 0. The first-order chi connectivity index (χ1) is 18.2. The van der Waals surface area contributed by atoms with E-state index in [-0.39, 0.29) is 5.56 Å². The molecule has 4 aromatic rings. The van der Waals surface area contributed by atoms with E-state index in [1.165, 1.54) is 18.4 Å². The van der Waals surface area contributed by atoms with Gasteiger partial charge in [-0.3, -0.25) is 9.36 Å². The molecule has 0 radical (unpaired) electrons. The molecule has 0 spiro atoms. The standard InChI is InChI=1S/C29H25BrN2O5S/c1-15-6-10-20(21(30)12-15)22-11-9-19(37-22)14-24-27(33)32-26(18-8-7-16(2)23(13-18)35-4)25(28(34)36-5)17(3)31-29(32)38-24/h6-14,26H,1-5H3/b24-14+/t26-/m0/s1. The number of halogens is 1. The summed E-state index contributed by atoms with van der Waals surface area (Å²) >= 11 is 4.84. The average Bonchev–Trinajstić information content (AvgIpc) is 3.47. The number of allylic oxidation sites excluding steroid dienone is 1. The number of fused-ring (bicyclic) bond motifs is 1. The van der Waals surface area contributed by atoms with E-state index in [0.29, 0.717) is 37.9 Å². The molecule has 38 heavy (non-hydrogen) atoms. The Morgan fingerprint density at radius 1 is 1.11 bits per heavy atom. The predicted molar refractivity (Wildman–Crippen MR) is 150 cm³/mol. The van der Waals surface area contributed by atoms with Gasteiger partial charge in [-0.05, 0) is 67.8 Å². The average molecular weight is 593 g/mol. The molecule has 0 saturated heterocycles. The van der Waals surface area contributed by atoms with Gasteiger partial charge in [0.2, 0.25) is 0 Å². The molecular weight excluding hydrogens is 568 g/mol. The van der Waals surface area contributed by atoms with Gasteiger partial charge in [-0.15, -0.1) is 0 Å². The Balaban J connectivity index is 1.66. The molecule has 0 N–H and O–H groups in total. The summed E-state index contributed by atoms with van der Waals surface area (Å²) in [5.74, 6) is 1.35. The van der Waals surface area contributed by atoms with E-state index >= 15 is 0 Å². The zero-order valence-electron chi connectivity index (χ0n) is 21.5. The highest BCUT2D eigenvalue weighted by Crippen LogP contribution is 2.34. The first-order valence-electron chi connectivity index (χ1n) is 11.8. The number of benzene rings is 2. The lowest BCUT2D eigenvalue weighted by Gasteiger charge is -2.25. The Morgan fingerprint density at radius 3 is 2.61 bits per heavy atom. The summed E-state index contributed by atoms with van der Waals surface area (Å²) < 4.78 is 19.6. The number of esters is 1. The summed E-state index contributed by atoms with van der Waals surface area (Å²) in [5, 5.41) is 0. The number of aryl methyl sites for hydroxylation is 2. The third-order valence-electron chi connectivity index (χ3n) is 6.47. The molecule has 0 bridgehead atoms. The molecular formula is C29H25BrN2O5S. The SMILES string of the molecule is COC(=O)C1=C(C)N=c2s/c(=C/c3ccc(-c4ccc(C)cc4Br)o3)c(=O)n2[C@H]1c1ccc(C)c(OC)c1. The van der Waals surface area contributed by atoms with Gasteiger partial charge in [0.05, 0.1) is 36.1 Å². The minimum absolute atomic E-state index is 0.276. The minimum Gasteiger partial charge on any atom is -0.496 e. The van der Waals surface area contributed by atoms with Crippen molar-refractivity contribution in [1.82, 2.24) is 4.57 Å². The molecule has 1 atom stereocenters. The van der Waals surface area contributed by atoms with Crippen LogP contribution in [-0.4, -0.2) is 24.8 Å². The highest BCUT2D eigenvalue weighted by atomic mass is 79.9. The molecule has 0 saturated carbocycles. The molecule has 2 aromatic heterocycles. The molecule has 0 aliphatic carbocycles. The lowest BCUT2D eigenvalue weighted by molar-refractivity contribution is -0.136. The number of nitrogens with zero attached hydrogens (tertiary/aromatic N) is 2. The largest absolute Gasteiger partial charge is 0.496 e. The fourth-order valence-electron chi connectivity index (χ4n) is 4.54. The van der Waals surface area contributed by atoms with Crippen molar-refractivity contribution in [2.45, 2.75) is 26.8 Å². The third kappa shape index (κ3) is 4.56. The quantitative estimate of drug-likeness (QED) is 0.303. The smallest absolute Gasteiger partial charge is 0.338 e. The maximum Gasteiger partial charge on any atom is 0.338 e. The summed E-state index contributed by atoms with van der Waals surface area (Å²) in [4.78, 5) is 31.7. The molecule has 7 nitrogen and oxygen atoms in total. The number of furan rings is 1. The van der Waals surface area contributed by atoms with Gasteiger partial charge in [0.1, 0.15) is 17.3 Å². The number of ether oxygens (including phenoxy) is 2. The Hall–Kier alpha value is -3.69. The molecule has 1 aliphatic rings.